The zero-order chi connectivity index (χ0) is 18.4. The maximum absolute atomic E-state index is 11.9. The molecule has 0 saturated heterocycles. The normalized spacial score (nSPS) is 10.2. The molecule has 0 aliphatic carbocycles. The number of carbonyl (C=O) groups excluding carboxylic acids is 2. The van der Waals surface area contributed by atoms with Gasteiger partial charge in [0.2, 0.25) is 0 Å². The molecule has 1 N–H and O–H groups in total. The summed E-state index contributed by atoms with van der Waals surface area (Å²) in [5, 5.41) is 3.63. The van der Waals surface area contributed by atoms with E-state index >= 15 is 0 Å². The van der Waals surface area contributed by atoms with Crippen molar-refractivity contribution in [2.45, 2.75) is 20.8 Å². The van der Waals surface area contributed by atoms with Crippen molar-refractivity contribution in [1.82, 2.24) is 0 Å². The molecule has 0 aliphatic rings. The second-order valence-electron chi connectivity index (χ2n) is 5.10. The lowest BCUT2D eigenvalue weighted by Gasteiger charge is -2.08. The van der Waals surface area contributed by atoms with E-state index in [2.05, 4.69) is 5.32 Å². The molecule has 2 rings (SSSR count). The Bertz CT molecular complexity index is 861. The van der Waals surface area contributed by atoms with Crippen molar-refractivity contribution < 1.29 is 23.5 Å². The molecule has 0 radical (unpaired) electrons. The molecule has 1 aromatic heterocycles. The van der Waals surface area contributed by atoms with Crippen molar-refractivity contribution in [3.8, 4) is 0 Å². The zero-order valence-corrected chi connectivity index (χ0v) is 14.3. The highest BCUT2D eigenvalue weighted by molar-refractivity contribution is 6.14. The van der Waals surface area contributed by atoms with Crippen LogP contribution < -0.4 is 10.9 Å². The van der Waals surface area contributed by atoms with Gasteiger partial charge in [0.15, 0.2) is 5.57 Å². The lowest BCUT2D eigenvalue weighted by atomic mass is 10.1. The number of nitrogens with one attached hydrogen (secondary N) is 1. The first-order chi connectivity index (χ1) is 12.0. The summed E-state index contributed by atoms with van der Waals surface area (Å²) in [4.78, 5) is 35.3. The van der Waals surface area contributed by atoms with Gasteiger partial charge >= 0.3 is 17.6 Å². The van der Waals surface area contributed by atoms with Crippen LogP contribution in [0.1, 0.15) is 19.4 Å². The summed E-state index contributed by atoms with van der Waals surface area (Å²) in [6.45, 7) is 5.36. The summed E-state index contributed by atoms with van der Waals surface area (Å²) < 4.78 is 14.9. The fourth-order valence-electron chi connectivity index (χ4n) is 2.19. The van der Waals surface area contributed by atoms with Crippen molar-refractivity contribution in [2.24, 2.45) is 0 Å². The molecule has 2 aromatic rings. The lowest BCUT2D eigenvalue weighted by Crippen LogP contribution is -2.19. The van der Waals surface area contributed by atoms with Gasteiger partial charge in [-0.1, -0.05) is 0 Å². The molecule has 25 heavy (non-hydrogen) atoms. The third-order valence-electron chi connectivity index (χ3n) is 3.33. The number of ether oxygens (including phenoxy) is 2. The van der Waals surface area contributed by atoms with Crippen molar-refractivity contribution in [1.29, 1.82) is 0 Å². The molecule has 0 aliphatic heterocycles. The molecule has 7 heteroatoms. The van der Waals surface area contributed by atoms with Gasteiger partial charge in [-0.2, -0.15) is 0 Å². The van der Waals surface area contributed by atoms with Gasteiger partial charge in [-0.15, -0.1) is 0 Å². The summed E-state index contributed by atoms with van der Waals surface area (Å²) in [5.74, 6) is -1.56. The second-order valence-corrected chi connectivity index (χ2v) is 5.10. The monoisotopic (exact) mass is 345 g/mol. The topological polar surface area (TPSA) is 94.8 Å². The Labute approximate surface area is 144 Å². The zero-order valence-electron chi connectivity index (χ0n) is 14.3. The van der Waals surface area contributed by atoms with Crippen molar-refractivity contribution in [2.75, 3.05) is 18.5 Å². The highest BCUT2D eigenvalue weighted by Gasteiger charge is 2.20. The van der Waals surface area contributed by atoms with E-state index < -0.39 is 17.6 Å². The van der Waals surface area contributed by atoms with Gasteiger partial charge in [0.1, 0.15) is 5.58 Å². The van der Waals surface area contributed by atoms with Gasteiger partial charge in [0.05, 0.1) is 13.2 Å². The van der Waals surface area contributed by atoms with Gasteiger partial charge in [0.25, 0.3) is 0 Å². The Kier molecular flexibility index (Phi) is 5.94. The number of carbonyl (C=O) groups is 2. The fourth-order valence-corrected chi connectivity index (χ4v) is 2.19. The van der Waals surface area contributed by atoms with E-state index in [0.717, 1.165) is 10.9 Å². The van der Waals surface area contributed by atoms with Crippen LogP contribution in [-0.2, 0) is 19.1 Å². The predicted octanol–water partition coefficient (Wildman–Crippen LogP) is 2.52. The predicted molar refractivity (Wildman–Crippen MR) is 92.2 cm³/mol. The summed E-state index contributed by atoms with van der Waals surface area (Å²) >= 11 is 0. The second kappa shape index (κ2) is 8.14. The van der Waals surface area contributed by atoms with Crippen molar-refractivity contribution in [3.05, 3.63) is 52.0 Å². The molecule has 0 bridgehead atoms. The van der Waals surface area contributed by atoms with E-state index in [0.29, 0.717) is 11.3 Å². The molecule has 0 fully saturated rings. The van der Waals surface area contributed by atoms with Gasteiger partial charge < -0.3 is 19.2 Å². The average molecular weight is 345 g/mol. The molecule has 1 aromatic carbocycles. The molecule has 0 spiro atoms. The maximum atomic E-state index is 11.9. The Morgan fingerprint density at radius 1 is 1.12 bits per heavy atom. The molecule has 0 amide bonds. The van der Waals surface area contributed by atoms with Crippen LogP contribution in [0.4, 0.5) is 5.69 Å². The quantitative estimate of drug-likeness (QED) is 0.283. The van der Waals surface area contributed by atoms with Gasteiger partial charge in [-0.25, -0.2) is 14.4 Å². The minimum atomic E-state index is -0.781. The number of hydrogen-bond donors (Lipinski definition) is 1. The van der Waals surface area contributed by atoms with Crippen LogP contribution in [0.3, 0.4) is 0 Å². The Hall–Kier alpha value is -3.09. The molecule has 0 saturated carbocycles. The number of hydrogen-bond acceptors (Lipinski definition) is 7. The lowest BCUT2D eigenvalue weighted by molar-refractivity contribution is -0.146. The number of aryl methyl sites for hydroxylation is 1. The van der Waals surface area contributed by atoms with Crippen molar-refractivity contribution in [3.63, 3.8) is 0 Å². The highest BCUT2D eigenvalue weighted by atomic mass is 16.6. The number of rotatable bonds is 6. The molecule has 0 unspecified atom stereocenters. The summed E-state index contributed by atoms with van der Waals surface area (Å²) in [5.41, 5.74) is 1.03. The fraction of sp³-hybridized carbons (Fsp3) is 0.278. The molecule has 7 nitrogen and oxygen atoms in total. The number of benzene rings is 1. The van der Waals surface area contributed by atoms with Crippen LogP contribution in [0.2, 0.25) is 0 Å². The molecular weight excluding hydrogens is 326 g/mol. The van der Waals surface area contributed by atoms with E-state index in [1.807, 2.05) is 6.92 Å². The van der Waals surface area contributed by atoms with E-state index in [1.165, 1.54) is 12.3 Å². The van der Waals surface area contributed by atoms with Crippen LogP contribution in [0.5, 0.6) is 0 Å². The van der Waals surface area contributed by atoms with Crippen LogP contribution in [0, 0.1) is 6.92 Å². The van der Waals surface area contributed by atoms with E-state index in [4.69, 9.17) is 13.9 Å². The first-order valence-corrected chi connectivity index (χ1v) is 7.81. The molecular formula is C18H19NO6. The van der Waals surface area contributed by atoms with E-state index in [9.17, 15) is 14.4 Å². The number of esters is 2. The largest absolute Gasteiger partial charge is 0.462 e. The molecule has 132 valence electrons. The number of fused-ring (bicyclic) bond motifs is 1. The average Bonchev–Trinajstić information content (AvgIpc) is 2.55. The molecule has 0 atom stereocenters. The van der Waals surface area contributed by atoms with Crippen LogP contribution in [-0.4, -0.2) is 25.2 Å². The third-order valence-corrected chi connectivity index (χ3v) is 3.33. The minimum Gasteiger partial charge on any atom is -0.462 e. The van der Waals surface area contributed by atoms with E-state index in [1.54, 1.807) is 32.0 Å². The Balaban J connectivity index is 2.33. The van der Waals surface area contributed by atoms with E-state index in [-0.39, 0.29) is 18.8 Å². The summed E-state index contributed by atoms with van der Waals surface area (Å²) in [6.07, 6.45) is 1.21. The Morgan fingerprint density at radius 2 is 1.76 bits per heavy atom. The Morgan fingerprint density at radius 3 is 2.36 bits per heavy atom. The summed E-state index contributed by atoms with van der Waals surface area (Å²) in [7, 11) is 0. The maximum Gasteiger partial charge on any atom is 0.347 e. The van der Waals surface area contributed by atoms with Crippen LogP contribution in [0.25, 0.3) is 11.0 Å². The molecule has 1 heterocycles. The van der Waals surface area contributed by atoms with Crippen LogP contribution in [0.15, 0.2) is 45.3 Å². The summed E-state index contributed by atoms with van der Waals surface area (Å²) in [6, 6.07) is 6.53. The first kappa shape index (κ1) is 18.3. The third kappa shape index (κ3) is 4.47. The first-order valence-electron chi connectivity index (χ1n) is 7.81. The van der Waals surface area contributed by atoms with Gasteiger partial charge in [-0.3, -0.25) is 0 Å². The standard InChI is InChI=1S/C18H19NO6/c1-4-23-17(21)14(18(22)24-5-2)10-19-12-6-7-13-11(3)8-16(20)25-15(13)9-12/h6-10,19H,4-5H2,1-3H3. The SMILES string of the molecule is CCOC(=O)C(=CNc1ccc2c(C)cc(=O)oc2c1)C(=O)OCC. The van der Waals surface area contributed by atoms with Gasteiger partial charge in [0, 0.05) is 29.4 Å². The number of anilines is 1. The van der Waals surface area contributed by atoms with Crippen molar-refractivity contribution >= 4 is 28.6 Å². The smallest absolute Gasteiger partial charge is 0.347 e. The minimum absolute atomic E-state index is 0.135. The highest BCUT2D eigenvalue weighted by Crippen LogP contribution is 2.21. The van der Waals surface area contributed by atoms with Gasteiger partial charge in [-0.05, 0) is 38.5 Å². The van der Waals surface area contributed by atoms with Crippen LogP contribution >= 0.6 is 0 Å².